The second-order valence-corrected chi connectivity index (χ2v) is 10.2. The Morgan fingerprint density at radius 2 is 1.72 bits per heavy atom. The van der Waals surface area contributed by atoms with Gasteiger partial charge in [-0.15, -0.1) is 0 Å². The van der Waals surface area contributed by atoms with Gasteiger partial charge >= 0.3 is 0 Å². The van der Waals surface area contributed by atoms with Gasteiger partial charge in [0.15, 0.2) is 0 Å². The summed E-state index contributed by atoms with van der Waals surface area (Å²) in [6.45, 7) is 2.38. The quantitative estimate of drug-likeness (QED) is 0.393. The molecule has 0 radical (unpaired) electrons. The lowest BCUT2D eigenvalue weighted by Crippen LogP contribution is -2.12. The van der Waals surface area contributed by atoms with E-state index in [1.165, 1.54) is 91.2 Å². The monoisotopic (exact) mass is 422 g/mol. The number of allylic oxidation sites excluding steroid dienone is 12. The molecule has 4 aliphatic carbocycles. The average molecular weight is 423 g/mol. The van der Waals surface area contributed by atoms with Gasteiger partial charge in [-0.1, -0.05) is 105 Å². The maximum Gasteiger partial charge on any atom is 0.0281 e. The SMILES string of the molecule is CCC1CCCC1CCCc1ccc(CC2=CC=C(C3=CCCC=C3)C3C=CC=C23)cc1. The van der Waals surface area contributed by atoms with Crippen LogP contribution in [-0.4, -0.2) is 0 Å². The predicted octanol–water partition coefficient (Wildman–Crippen LogP) is 8.63. The summed E-state index contributed by atoms with van der Waals surface area (Å²) in [5, 5.41) is 0. The molecule has 0 heterocycles. The van der Waals surface area contributed by atoms with Crippen LogP contribution in [0.3, 0.4) is 0 Å². The highest BCUT2D eigenvalue weighted by Gasteiger charge is 2.27. The van der Waals surface area contributed by atoms with Crippen molar-refractivity contribution in [3.05, 3.63) is 106 Å². The predicted molar refractivity (Wildman–Crippen MR) is 138 cm³/mol. The highest BCUT2D eigenvalue weighted by atomic mass is 14.3. The van der Waals surface area contributed by atoms with Crippen LogP contribution in [0.25, 0.3) is 0 Å². The van der Waals surface area contributed by atoms with Gasteiger partial charge in [0, 0.05) is 5.92 Å². The first kappa shape index (κ1) is 21.5. The summed E-state index contributed by atoms with van der Waals surface area (Å²) in [6.07, 6.45) is 31.9. The second-order valence-electron chi connectivity index (χ2n) is 10.2. The van der Waals surface area contributed by atoms with Crippen LogP contribution in [0.5, 0.6) is 0 Å². The summed E-state index contributed by atoms with van der Waals surface area (Å²) in [5.74, 6) is 2.44. The number of benzene rings is 1. The minimum atomic E-state index is 0.436. The summed E-state index contributed by atoms with van der Waals surface area (Å²) in [4.78, 5) is 0. The molecule has 0 nitrogen and oxygen atoms in total. The minimum Gasteiger partial charge on any atom is -0.0836 e. The molecule has 0 saturated heterocycles. The van der Waals surface area contributed by atoms with Crippen LogP contribution in [0.1, 0.15) is 69.4 Å². The molecule has 0 heteroatoms. The van der Waals surface area contributed by atoms with Crippen molar-refractivity contribution in [2.24, 2.45) is 17.8 Å². The lowest BCUT2D eigenvalue weighted by molar-refractivity contribution is 0.347. The fraction of sp³-hybridized carbons (Fsp3) is 0.438. The molecule has 0 aliphatic heterocycles. The zero-order chi connectivity index (χ0) is 21.8. The maximum absolute atomic E-state index is 2.41. The smallest absolute Gasteiger partial charge is 0.0281 e. The van der Waals surface area contributed by atoms with Crippen molar-refractivity contribution in [3.8, 4) is 0 Å². The van der Waals surface area contributed by atoms with Crippen molar-refractivity contribution < 1.29 is 0 Å². The van der Waals surface area contributed by atoms with Crippen LogP contribution in [0.2, 0.25) is 0 Å². The van der Waals surface area contributed by atoms with Crippen LogP contribution in [-0.2, 0) is 12.8 Å². The standard InChI is InChI=1S/C32H38/c1-2-26-12-7-14-27(26)13-6-9-24-17-19-25(20-18-24)23-29-21-22-31(28-10-4-3-5-11-28)32-16-8-15-30(29)32/h4,8,10-11,15-22,26-27,32H,2-3,5-7,9,12-14,23H2,1H3. The number of hydrogen-bond donors (Lipinski definition) is 0. The zero-order valence-corrected chi connectivity index (χ0v) is 19.7. The van der Waals surface area contributed by atoms with E-state index in [2.05, 4.69) is 79.8 Å². The molecule has 4 aliphatic rings. The van der Waals surface area contributed by atoms with Gasteiger partial charge in [-0.05, 0) is 83.8 Å². The van der Waals surface area contributed by atoms with E-state index in [9.17, 15) is 0 Å². The second kappa shape index (κ2) is 10.1. The van der Waals surface area contributed by atoms with E-state index in [4.69, 9.17) is 0 Å². The number of aryl methyl sites for hydroxylation is 1. The Hall–Kier alpha value is -2.34. The van der Waals surface area contributed by atoms with E-state index in [-0.39, 0.29) is 0 Å². The molecule has 0 N–H and O–H groups in total. The highest BCUT2D eigenvalue weighted by Crippen LogP contribution is 2.41. The molecular formula is C32H38. The summed E-state index contributed by atoms with van der Waals surface area (Å²) in [6, 6.07) is 9.49. The van der Waals surface area contributed by atoms with Gasteiger partial charge in [0.1, 0.15) is 0 Å². The van der Waals surface area contributed by atoms with Crippen LogP contribution >= 0.6 is 0 Å². The van der Waals surface area contributed by atoms with Gasteiger partial charge in [0.25, 0.3) is 0 Å². The molecule has 3 atom stereocenters. The third-order valence-electron chi connectivity index (χ3n) is 8.21. The Kier molecular flexibility index (Phi) is 6.77. The third-order valence-corrected chi connectivity index (χ3v) is 8.21. The van der Waals surface area contributed by atoms with Gasteiger partial charge in [-0.3, -0.25) is 0 Å². The molecule has 0 aromatic heterocycles. The topological polar surface area (TPSA) is 0 Å². The summed E-state index contributed by atoms with van der Waals surface area (Å²) in [7, 11) is 0. The molecule has 0 amide bonds. The molecule has 1 fully saturated rings. The Bertz CT molecular complexity index is 989. The van der Waals surface area contributed by atoms with Crippen molar-refractivity contribution in [2.45, 2.75) is 71.1 Å². The van der Waals surface area contributed by atoms with E-state index >= 15 is 0 Å². The van der Waals surface area contributed by atoms with E-state index in [0.717, 1.165) is 18.3 Å². The summed E-state index contributed by atoms with van der Waals surface area (Å²) in [5.41, 5.74) is 8.79. The van der Waals surface area contributed by atoms with Gasteiger partial charge in [0.2, 0.25) is 0 Å². The molecule has 1 aromatic carbocycles. The molecule has 32 heavy (non-hydrogen) atoms. The Morgan fingerprint density at radius 1 is 0.875 bits per heavy atom. The first-order valence-electron chi connectivity index (χ1n) is 13.1. The van der Waals surface area contributed by atoms with E-state index in [1.54, 1.807) is 0 Å². The van der Waals surface area contributed by atoms with E-state index in [1.807, 2.05) is 0 Å². The van der Waals surface area contributed by atoms with Crippen LogP contribution < -0.4 is 0 Å². The van der Waals surface area contributed by atoms with E-state index in [0.29, 0.717) is 5.92 Å². The molecule has 3 unspecified atom stereocenters. The molecule has 0 spiro atoms. The fourth-order valence-electron chi connectivity index (χ4n) is 6.35. The highest BCUT2D eigenvalue weighted by molar-refractivity contribution is 5.60. The van der Waals surface area contributed by atoms with Gasteiger partial charge in [-0.2, -0.15) is 0 Å². The molecule has 1 saturated carbocycles. The zero-order valence-electron chi connectivity index (χ0n) is 19.7. The Labute approximate surface area is 195 Å². The lowest BCUT2D eigenvalue weighted by atomic mass is 9.78. The van der Waals surface area contributed by atoms with E-state index < -0.39 is 0 Å². The van der Waals surface area contributed by atoms with Crippen molar-refractivity contribution in [2.75, 3.05) is 0 Å². The molecular weight excluding hydrogens is 384 g/mol. The number of rotatable bonds is 8. The van der Waals surface area contributed by atoms with Crippen LogP contribution in [0.4, 0.5) is 0 Å². The summed E-state index contributed by atoms with van der Waals surface area (Å²) >= 11 is 0. The molecule has 5 rings (SSSR count). The number of fused-ring (bicyclic) bond motifs is 1. The van der Waals surface area contributed by atoms with Crippen LogP contribution in [0.15, 0.2) is 95.2 Å². The molecule has 1 aromatic rings. The normalized spacial score (nSPS) is 26.5. The minimum absolute atomic E-state index is 0.436. The van der Waals surface area contributed by atoms with Crippen molar-refractivity contribution in [1.29, 1.82) is 0 Å². The van der Waals surface area contributed by atoms with Crippen molar-refractivity contribution in [3.63, 3.8) is 0 Å². The lowest BCUT2D eigenvalue weighted by Gasteiger charge is -2.26. The maximum atomic E-state index is 2.41. The first-order valence-corrected chi connectivity index (χ1v) is 13.1. The van der Waals surface area contributed by atoms with Gasteiger partial charge < -0.3 is 0 Å². The first-order chi connectivity index (χ1) is 15.8. The summed E-state index contributed by atoms with van der Waals surface area (Å²) < 4.78 is 0. The van der Waals surface area contributed by atoms with Gasteiger partial charge in [0.05, 0.1) is 0 Å². The Morgan fingerprint density at radius 3 is 2.53 bits per heavy atom. The largest absolute Gasteiger partial charge is 0.0836 e. The number of hydrogen-bond acceptors (Lipinski definition) is 0. The molecule has 166 valence electrons. The van der Waals surface area contributed by atoms with Crippen LogP contribution in [0, 0.1) is 17.8 Å². The fourth-order valence-corrected chi connectivity index (χ4v) is 6.35. The van der Waals surface area contributed by atoms with Crippen molar-refractivity contribution in [1.82, 2.24) is 0 Å². The van der Waals surface area contributed by atoms with Gasteiger partial charge in [-0.25, -0.2) is 0 Å². The average Bonchev–Trinajstić information content (AvgIpc) is 3.51. The van der Waals surface area contributed by atoms with Crippen molar-refractivity contribution >= 4 is 0 Å². The Balaban J connectivity index is 1.20. The molecule has 0 bridgehead atoms. The third kappa shape index (κ3) is 4.70.